The first-order valence-corrected chi connectivity index (χ1v) is 8.30. The smallest absolute Gasteiger partial charge is 0.147 e. The van der Waals surface area contributed by atoms with Crippen molar-refractivity contribution in [3.8, 4) is 0 Å². The van der Waals surface area contributed by atoms with Crippen LogP contribution in [0.15, 0.2) is 0 Å². The minimum absolute atomic E-state index is 0.270. The zero-order chi connectivity index (χ0) is 11.3. The number of hydrogen-bond acceptors (Lipinski definition) is 2. The van der Waals surface area contributed by atoms with Crippen LogP contribution in [-0.2, 0) is 9.84 Å². The number of halogens is 1. The fourth-order valence-electron chi connectivity index (χ4n) is 2.26. The van der Waals surface area contributed by atoms with Crippen molar-refractivity contribution in [1.29, 1.82) is 0 Å². The summed E-state index contributed by atoms with van der Waals surface area (Å²) in [5, 5.41) is 0.270. The van der Waals surface area contributed by atoms with E-state index in [1.165, 1.54) is 31.9 Å². The molecule has 0 heterocycles. The van der Waals surface area contributed by atoms with Crippen LogP contribution in [0.5, 0.6) is 0 Å². The molecule has 4 heteroatoms. The van der Waals surface area contributed by atoms with Gasteiger partial charge in [0.2, 0.25) is 0 Å². The van der Waals surface area contributed by atoms with Gasteiger partial charge in [-0.25, -0.2) is 8.42 Å². The molecule has 1 aliphatic carbocycles. The van der Waals surface area contributed by atoms with Crippen LogP contribution in [0.2, 0.25) is 0 Å². The van der Waals surface area contributed by atoms with Crippen molar-refractivity contribution in [1.82, 2.24) is 0 Å². The molecule has 0 aromatic rings. The first-order chi connectivity index (χ1) is 6.99. The quantitative estimate of drug-likeness (QED) is 0.538. The number of rotatable bonds is 6. The van der Waals surface area contributed by atoms with Crippen molar-refractivity contribution < 1.29 is 8.42 Å². The van der Waals surface area contributed by atoms with E-state index in [1.54, 1.807) is 0 Å². The fraction of sp³-hybridized carbons (Fsp3) is 1.00. The zero-order valence-corrected chi connectivity index (χ0v) is 11.0. The third-order valence-electron chi connectivity index (χ3n) is 3.16. The minimum Gasteiger partial charge on any atom is -0.229 e. The van der Waals surface area contributed by atoms with Gasteiger partial charge in [-0.3, -0.25) is 0 Å². The molecule has 0 amide bonds. The van der Waals surface area contributed by atoms with E-state index < -0.39 is 9.84 Å². The summed E-state index contributed by atoms with van der Waals surface area (Å²) in [5.41, 5.74) is 0. The van der Waals surface area contributed by atoms with Crippen molar-refractivity contribution >= 4 is 21.4 Å². The van der Waals surface area contributed by atoms with E-state index in [2.05, 4.69) is 0 Å². The van der Waals surface area contributed by atoms with Gasteiger partial charge in [0.1, 0.15) is 9.84 Å². The number of sulfone groups is 1. The van der Waals surface area contributed by atoms with Crippen molar-refractivity contribution in [3.05, 3.63) is 0 Å². The predicted molar refractivity (Wildman–Crippen MR) is 65.2 cm³/mol. The van der Waals surface area contributed by atoms with Crippen LogP contribution < -0.4 is 0 Å². The van der Waals surface area contributed by atoms with E-state index in [0.29, 0.717) is 11.7 Å². The normalized spacial score (nSPS) is 20.7. The van der Waals surface area contributed by atoms with Crippen molar-refractivity contribution in [3.63, 3.8) is 0 Å². The van der Waals surface area contributed by atoms with Gasteiger partial charge < -0.3 is 0 Å². The Balaban J connectivity index is 2.09. The van der Waals surface area contributed by atoms with Gasteiger partial charge in [0.25, 0.3) is 0 Å². The molecule has 2 nitrogen and oxygen atoms in total. The highest BCUT2D eigenvalue weighted by Gasteiger charge is 2.22. The second-order valence-electron chi connectivity index (χ2n) is 4.69. The lowest BCUT2D eigenvalue weighted by Gasteiger charge is -2.15. The Labute approximate surface area is 98.3 Å². The van der Waals surface area contributed by atoms with Gasteiger partial charge in [0.05, 0.1) is 0 Å². The molecule has 1 aliphatic rings. The first kappa shape index (κ1) is 13.3. The van der Waals surface area contributed by atoms with Crippen LogP contribution in [0.1, 0.15) is 44.9 Å². The molecule has 1 saturated carbocycles. The summed E-state index contributed by atoms with van der Waals surface area (Å²) in [6.45, 7) is 0. The Kier molecular flexibility index (Phi) is 5.41. The van der Waals surface area contributed by atoms with E-state index in [0.717, 1.165) is 19.3 Å². The molecule has 0 aromatic carbocycles. The molecule has 0 saturated heterocycles. The summed E-state index contributed by atoms with van der Waals surface area (Å²) < 4.78 is 21.8. The topological polar surface area (TPSA) is 34.1 Å². The number of hydrogen-bond donors (Lipinski definition) is 0. The van der Waals surface area contributed by atoms with Crippen LogP contribution in [0.25, 0.3) is 0 Å². The van der Waals surface area contributed by atoms with Crippen molar-refractivity contribution in [2.24, 2.45) is 5.92 Å². The molecule has 0 N–H and O–H groups in total. The lowest BCUT2D eigenvalue weighted by molar-refractivity contribution is 0.479. The average Bonchev–Trinajstić information content (AvgIpc) is 2.63. The monoisotopic (exact) mass is 252 g/mol. The maximum atomic E-state index is 10.9. The summed E-state index contributed by atoms with van der Waals surface area (Å²) >= 11 is 6.29. The van der Waals surface area contributed by atoms with Crippen LogP contribution in [0.4, 0.5) is 0 Å². The fourth-order valence-corrected chi connectivity index (χ4v) is 3.39. The van der Waals surface area contributed by atoms with Gasteiger partial charge in [0.15, 0.2) is 0 Å². The molecule has 1 unspecified atom stereocenters. The largest absolute Gasteiger partial charge is 0.229 e. The molecule has 1 rings (SSSR count). The van der Waals surface area contributed by atoms with Crippen molar-refractivity contribution in [2.45, 2.75) is 50.3 Å². The summed E-state index contributed by atoms with van der Waals surface area (Å²) in [7, 11) is -2.78. The molecular weight excluding hydrogens is 232 g/mol. The third-order valence-corrected chi connectivity index (χ3v) is 4.76. The van der Waals surface area contributed by atoms with E-state index in [1.807, 2.05) is 0 Å². The second-order valence-corrected chi connectivity index (χ2v) is 7.51. The molecule has 1 atom stereocenters. The zero-order valence-electron chi connectivity index (χ0n) is 9.41. The molecule has 15 heavy (non-hydrogen) atoms. The van der Waals surface area contributed by atoms with E-state index in [4.69, 9.17) is 11.6 Å². The summed E-state index contributed by atoms with van der Waals surface area (Å²) in [4.78, 5) is 0. The standard InChI is InChI=1S/C11H21ClO2S/c1-15(13,14)9-5-4-8-11(12)10-6-2-3-7-10/h10-11H,2-9H2,1H3. The molecule has 0 aliphatic heterocycles. The lowest BCUT2D eigenvalue weighted by Crippen LogP contribution is -2.12. The first-order valence-electron chi connectivity index (χ1n) is 5.81. The highest BCUT2D eigenvalue weighted by atomic mass is 35.5. The third kappa shape index (κ3) is 5.76. The van der Waals surface area contributed by atoms with Gasteiger partial charge >= 0.3 is 0 Å². The number of unbranched alkanes of at least 4 members (excludes halogenated alkanes) is 1. The summed E-state index contributed by atoms with van der Waals surface area (Å²) in [5.74, 6) is 0.992. The Morgan fingerprint density at radius 3 is 2.40 bits per heavy atom. The highest BCUT2D eigenvalue weighted by Crippen LogP contribution is 2.32. The van der Waals surface area contributed by atoms with Crippen molar-refractivity contribution in [2.75, 3.05) is 12.0 Å². The average molecular weight is 253 g/mol. The minimum atomic E-state index is -2.78. The summed E-state index contributed by atoms with van der Waals surface area (Å²) in [6, 6.07) is 0. The lowest BCUT2D eigenvalue weighted by atomic mass is 9.99. The van der Waals surface area contributed by atoms with Crippen LogP contribution >= 0.6 is 11.6 Å². The SMILES string of the molecule is CS(=O)(=O)CCCCC(Cl)C1CCCC1. The summed E-state index contributed by atoms with van der Waals surface area (Å²) in [6.07, 6.45) is 9.13. The number of alkyl halides is 1. The van der Waals surface area contributed by atoms with Gasteiger partial charge in [0, 0.05) is 17.4 Å². The van der Waals surface area contributed by atoms with Crippen LogP contribution in [0, 0.1) is 5.92 Å². The Bertz CT molecular complexity index is 268. The van der Waals surface area contributed by atoms with Crippen LogP contribution in [-0.4, -0.2) is 25.8 Å². The van der Waals surface area contributed by atoms with Gasteiger partial charge in [-0.2, -0.15) is 0 Å². The van der Waals surface area contributed by atoms with E-state index in [-0.39, 0.29) is 5.38 Å². The molecule has 0 spiro atoms. The Hall–Kier alpha value is 0.240. The maximum Gasteiger partial charge on any atom is 0.147 e. The highest BCUT2D eigenvalue weighted by molar-refractivity contribution is 7.90. The van der Waals surface area contributed by atoms with Crippen LogP contribution in [0.3, 0.4) is 0 Å². The molecule has 90 valence electrons. The Morgan fingerprint density at radius 1 is 1.27 bits per heavy atom. The van der Waals surface area contributed by atoms with E-state index in [9.17, 15) is 8.42 Å². The molecular formula is C11H21ClO2S. The predicted octanol–water partition coefficient (Wildman–Crippen LogP) is 3.00. The van der Waals surface area contributed by atoms with Gasteiger partial charge in [-0.15, -0.1) is 11.6 Å². The second kappa shape index (κ2) is 6.09. The maximum absolute atomic E-state index is 10.9. The van der Waals surface area contributed by atoms with Gasteiger partial charge in [-0.05, 0) is 31.6 Å². The van der Waals surface area contributed by atoms with Gasteiger partial charge in [-0.1, -0.05) is 19.3 Å². The molecule has 1 fully saturated rings. The van der Waals surface area contributed by atoms with E-state index >= 15 is 0 Å². The molecule has 0 radical (unpaired) electrons. The molecule has 0 aromatic heterocycles. The Morgan fingerprint density at radius 2 is 1.87 bits per heavy atom. The molecule has 0 bridgehead atoms.